The van der Waals surface area contributed by atoms with Crippen molar-refractivity contribution in [3.05, 3.63) is 53.3 Å². The van der Waals surface area contributed by atoms with Crippen LogP contribution in [0.1, 0.15) is 25.3 Å². The molecule has 2 nitrogen and oxygen atoms in total. The number of aromatic nitrogens is 2. The van der Waals surface area contributed by atoms with Crippen LogP contribution < -0.4 is 0 Å². The zero-order chi connectivity index (χ0) is 13.4. The van der Waals surface area contributed by atoms with Gasteiger partial charge in [0.1, 0.15) is 0 Å². The van der Waals surface area contributed by atoms with E-state index in [-0.39, 0.29) is 0 Å². The average Bonchev–Trinajstić information content (AvgIpc) is 2.86. The van der Waals surface area contributed by atoms with Gasteiger partial charge >= 0.3 is 0 Å². The Labute approximate surface area is 117 Å². The summed E-state index contributed by atoms with van der Waals surface area (Å²) >= 11 is 6.17. The monoisotopic (exact) mass is 270 g/mol. The Balaban J connectivity index is 2.32. The first-order chi connectivity index (χ1) is 9.16. The van der Waals surface area contributed by atoms with Gasteiger partial charge in [0.25, 0.3) is 0 Å². The van der Waals surface area contributed by atoms with Crippen molar-refractivity contribution in [3.63, 3.8) is 0 Å². The smallest absolute Gasteiger partial charge is 0.0960 e. The van der Waals surface area contributed by atoms with Crippen LogP contribution in [0.3, 0.4) is 0 Å². The van der Waals surface area contributed by atoms with Gasteiger partial charge in [0.15, 0.2) is 0 Å². The molecule has 0 radical (unpaired) electrons. The second-order valence-corrected chi connectivity index (χ2v) is 5.43. The maximum atomic E-state index is 6.17. The molecule has 0 aliphatic heterocycles. The second kappa shape index (κ2) is 4.71. The molecule has 2 aromatic carbocycles. The van der Waals surface area contributed by atoms with Crippen LogP contribution in [0, 0.1) is 0 Å². The van der Waals surface area contributed by atoms with E-state index in [0.717, 1.165) is 21.6 Å². The van der Waals surface area contributed by atoms with Gasteiger partial charge in [-0.2, -0.15) is 0 Å². The highest BCUT2D eigenvalue weighted by atomic mass is 35.5. The lowest BCUT2D eigenvalue weighted by Gasteiger charge is -2.14. The van der Waals surface area contributed by atoms with Crippen LogP contribution in [0.25, 0.3) is 22.2 Å². The van der Waals surface area contributed by atoms with Gasteiger partial charge in [-0.25, -0.2) is 4.98 Å². The first-order valence-electron chi connectivity index (χ1n) is 6.38. The van der Waals surface area contributed by atoms with Crippen LogP contribution in [0.15, 0.2) is 42.7 Å². The summed E-state index contributed by atoms with van der Waals surface area (Å²) in [6.45, 7) is 4.38. The number of aromatic amines is 1. The summed E-state index contributed by atoms with van der Waals surface area (Å²) in [7, 11) is 0. The molecule has 0 aliphatic carbocycles. The van der Waals surface area contributed by atoms with Gasteiger partial charge in [0, 0.05) is 10.6 Å². The fourth-order valence-electron chi connectivity index (χ4n) is 2.45. The van der Waals surface area contributed by atoms with Gasteiger partial charge in [-0.3, -0.25) is 0 Å². The van der Waals surface area contributed by atoms with E-state index < -0.39 is 0 Å². The molecule has 0 aliphatic rings. The number of nitrogens with one attached hydrogen (secondary N) is 1. The van der Waals surface area contributed by atoms with Crippen molar-refractivity contribution in [3.8, 4) is 11.1 Å². The second-order valence-electron chi connectivity index (χ2n) is 4.99. The lowest BCUT2D eigenvalue weighted by molar-refractivity contribution is 0.869. The first-order valence-corrected chi connectivity index (χ1v) is 6.76. The van der Waals surface area contributed by atoms with Crippen molar-refractivity contribution in [1.82, 2.24) is 9.97 Å². The normalized spacial score (nSPS) is 11.4. The summed E-state index contributed by atoms with van der Waals surface area (Å²) < 4.78 is 0. The van der Waals surface area contributed by atoms with Crippen LogP contribution in [0.2, 0.25) is 5.02 Å². The number of hydrogen-bond donors (Lipinski definition) is 1. The van der Waals surface area contributed by atoms with Crippen LogP contribution >= 0.6 is 11.6 Å². The third-order valence-electron chi connectivity index (χ3n) is 3.38. The minimum atomic E-state index is 0.446. The van der Waals surface area contributed by atoms with Crippen molar-refractivity contribution in [2.45, 2.75) is 19.8 Å². The minimum absolute atomic E-state index is 0.446. The molecular formula is C16H15ClN2. The van der Waals surface area contributed by atoms with E-state index in [1.54, 1.807) is 6.33 Å². The predicted octanol–water partition coefficient (Wildman–Crippen LogP) is 5.01. The SMILES string of the molecule is CC(C)c1ccc(Cl)cc1-c1cccc2[nH]cnc12. The molecule has 3 aromatic rings. The molecule has 0 amide bonds. The summed E-state index contributed by atoms with van der Waals surface area (Å²) in [6, 6.07) is 12.3. The fourth-order valence-corrected chi connectivity index (χ4v) is 2.62. The fraction of sp³-hybridized carbons (Fsp3) is 0.188. The van der Waals surface area contributed by atoms with Crippen molar-refractivity contribution < 1.29 is 0 Å². The van der Waals surface area contributed by atoms with Crippen molar-refractivity contribution in [1.29, 1.82) is 0 Å². The standard InChI is InChI=1S/C16H15ClN2/c1-10(2)12-7-6-11(17)8-14(12)13-4-3-5-15-16(13)19-9-18-15/h3-10H,1-2H3,(H,18,19). The third-order valence-corrected chi connectivity index (χ3v) is 3.61. The number of para-hydroxylation sites is 1. The molecule has 0 unspecified atom stereocenters. The highest BCUT2D eigenvalue weighted by molar-refractivity contribution is 6.31. The van der Waals surface area contributed by atoms with Gasteiger partial charge in [-0.15, -0.1) is 0 Å². The van der Waals surface area contributed by atoms with Crippen LogP contribution in [-0.2, 0) is 0 Å². The molecule has 0 bridgehead atoms. The average molecular weight is 271 g/mol. The maximum absolute atomic E-state index is 6.17. The molecule has 3 heteroatoms. The molecule has 0 saturated carbocycles. The van der Waals surface area contributed by atoms with E-state index in [0.29, 0.717) is 5.92 Å². The Morgan fingerprint density at radius 1 is 1.11 bits per heavy atom. The Morgan fingerprint density at radius 3 is 2.74 bits per heavy atom. The number of hydrogen-bond acceptors (Lipinski definition) is 1. The number of nitrogens with zero attached hydrogens (tertiary/aromatic N) is 1. The lowest BCUT2D eigenvalue weighted by atomic mass is 9.92. The maximum Gasteiger partial charge on any atom is 0.0960 e. The van der Waals surface area contributed by atoms with Crippen molar-refractivity contribution in [2.75, 3.05) is 0 Å². The highest BCUT2D eigenvalue weighted by Crippen LogP contribution is 2.34. The number of rotatable bonds is 2. The van der Waals surface area contributed by atoms with Gasteiger partial charge in [0.2, 0.25) is 0 Å². The molecule has 0 atom stereocenters. The number of H-pyrrole nitrogens is 1. The van der Waals surface area contributed by atoms with Crippen LogP contribution in [0.4, 0.5) is 0 Å². The molecule has 1 heterocycles. The van der Waals surface area contributed by atoms with E-state index in [1.807, 2.05) is 24.3 Å². The largest absolute Gasteiger partial charge is 0.345 e. The molecular weight excluding hydrogens is 256 g/mol. The number of fused-ring (bicyclic) bond motifs is 1. The number of benzene rings is 2. The van der Waals surface area contributed by atoms with E-state index >= 15 is 0 Å². The van der Waals surface area contributed by atoms with E-state index in [9.17, 15) is 0 Å². The summed E-state index contributed by atoms with van der Waals surface area (Å²) in [5.74, 6) is 0.446. The van der Waals surface area contributed by atoms with Crippen LogP contribution in [0.5, 0.6) is 0 Å². The summed E-state index contributed by atoms with van der Waals surface area (Å²) in [6.07, 6.45) is 1.73. The molecule has 1 aromatic heterocycles. The quantitative estimate of drug-likeness (QED) is 0.697. The number of halogens is 1. The van der Waals surface area contributed by atoms with E-state index in [4.69, 9.17) is 11.6 Å². The Hall–Kier alpha value is -1.80. The highest BCUT2D eigenvalue weighted by Gasteiger charge is 2.12. The van der Waals surface area contributed by atoms with Gasteiger partial charge < -0.3 is 4.98 Å². The molecule has 19 heavy (non-hydrogen) atoms. The third kappa shape index (κ3) is 2.13. The molecule has 0 spiro atoms. The van der Waals surface area contributed by atoms with Crippen molar-refractivity contribution in [2.24, 2.45) is 0 Å². The zero-order valence-corrected chi connectivity index (χ0v) is 11.7. The van der Waals surface area contributed by atoms with Gasteiger partial charge in [0.05, 0.1) is 17.4 Å². The Kier molecular flexibility index (Phi) is 3.03. The predicted molar refractivity (Wildman–Crippen MR) is 80.6 cm³/mol. The minimum Gasteiger partial charge on any atom is -0.345 e. The van der Waals surface area contributed by atoms with E-state index in [1.165, 1.54) is 11.1 Å². The number of imidazole rings is 1. The molecule has 0 saturated heterocycles. The molecule has 96 valence electrons. The summed E-state index contributed by atoms with van der Waals surface area (Å²) in [5.41, 5.74) is 5.63. The Morgan fingerprint density at radius 2 is 1.95 bits per heavy atom. The molecule has 1 N–H and O–H groups in total. The van der Waals surface area contributed by atoms with E-state index in [2.05, 4.69) is 35.9 Å². The van der Waals surface area contributed by atoms with Crippen LogP contribution in [-0.4, -0.2) is 9.97 Å². The molecule has 3 rings (SSSR count). The van der Waals surface area contributed by atoms with Gasteiger partial charge in [-0.1, -0.05) is 43.6 Å². The topological polar surface area (TPSA) is 28.7 Å². The molecule has 0 fully saturated rings. The summed E-state index contributed by atoms with van der Waals surface area (Å²) in [5, 5.41) is 0.756. The zero-order valence-electron chi connectivity index (χ0n) is 10.9. The lowest BCUT2D eigenvalue weighted by Crippen LogP contribution is -1.93. The Bertz CT molecular complexity index is 728. The summed E-state index contributed by atoms with van der Waals surface area (Å²) in [4.78, 5) is 7.58. The van der Waals surface area contributed by atoms with Crippen molar-refractivity contribution >= 4 is 22.6 Å². The van der Waals surface area contributed by atoms with Gasteiger partial charge in [-0.05, 0) is 35.2 Å². The first kappa shape index (κ1) is 12.2.